The fourth-order valence-electron chi connectivity index (χ4n) is 6.93. The van der Waals surface area contributed by atoms with Gasteiger partial charge in [0, 0.05) is 41.1 Å². The van der Waals surface area contributed by atoms with Crippen molar-refractivity contribution in [3.8, 4) is 0 Å². The maximum atomic E-state index is 7.47. The van der Waals surface area contributed by atoms with Crippen molar-refractivity contribution in [2.75, 3.05) is 13.2 Å². The summed E-state index contributed by atoms with van der Waals surface area (Å²) in [6, 6.07) is 9.18. The highest BCUT2D eigenvalue weighted by Gasteiger charge is 2.56. The van der Waals surface area contributed by atoms with Crippen LogP contribution in [0.15, 0.2) is 24.3 Å². The van der Waals surface area contributed by atoms with Crippen molar-refractivity contribution in [3.05, 3.63) is 63.5 Å². The van der Waals surface area contributed by atoms with Crippen LogP contribution in [-0.4, -0.2) is 30.4 Å². The van der Waals surface area contributed by atoms with E-state index in [0.29, 0.717) is 13.2 Å². The Kier molecular flexibility index (Phi) is 8.47. The molecule has 1 aromatic heterocycles. The largest absolute Gasteiger partial charge is 0.410 e. The van der Waals surface area contributed by atoms with Gasteiger partial charge in [-0.1, -0.05) is 116 Å². The lowest BCUT2D eigenvalue weighted by Crippen LogP contribution is -2.47. The molecule has 2 aliphatic heterocycles. The van der Waals surface area contributed by atoms with Crippen LogP contribution in [0.1, 0.15) is 139 Å². The fourth-order valence-corrected chi connectivity index (χ4v) is 9.22. The number of aromatic nitrogens is 1. The van der Waals surface area contributed by atoms with E-state index in [9.17, 15) is 0 Å². The maximum Gasteiger partial charge on any atom is 0.192 e. The average Bonchev–Trinajstić information content (AvgIpc) is 3.18. The maximum absolute atomic E-state index is 7.47. The highest BCUT2D eigenvalue weighted by Crippen LogP contribution is 2.60. The summed E-state index contributed by atoms with van der Waals surface area (Å²) in [5.74, 6) is 0.288. The van der Waals surface area contributed by atoms with Crippen molar-refractivity contribution >= 4 is 30.9 Å². The summed E-state index contributed by atoms with van der Waals surface area (Å²) < 4.78 is 21.1. The highest BCUT2D eigenvalue weighted by atomic mass is 127. The van der Waals surface area contributed by atoms with E-state index in [0.717, 1.165) is 19.3 Å². The van der Waals surface area contributed by atoms with Gasteiger partial charge < -0.3 is 13.9 Å². The molecular formula is C36H54INO3Si. The molecule has 1 saturated heterocycles. The van der Waals surface area contributed by atoms with Gasteiger partial charge in [0.1, 0.15) is 11.7 Å². The molecule has 4 atom stereocenters. The van der Waals surface area contributed by atoms with Gasteiger partial charge in [0.2, 0.25) is 0 Å². The lowest BCUT2D eigenvalue weighted by Gasteiger charge is -2.47. The van der Waals surface area contributed by atoms with E-state index >= 15 is 0 Å². The van der Waals surface area contributed by atoms with Crippen LogP contribution in [0, 0.1) is 5.41 Å². The number of ether oxygens (including phenoxy) is 2. The number of alkyl halides is 1. The summed E-state index contributed by atoms with van der Waals surface area (Å²) in [7, 11) is -2.07. The Morgan fingerprint density at radius 3 is 2.21 bits per heavy atom. The second kappa shape index (κ2) is 10.9. The van der Waals surface area contributed by atoms with Gasteiger partial charge in [-0.2, -0.15) is 0 Å². The topological polar surface area (TPSA) is 40.6 Å². The number of hydrogen-bond acceptors (Lipinski definition) is 4. The number of fused-ring (bicyclic) bond motifs is 4. The zero-order valence-electron chi connectivity index (χ0n) is 28.2. The molecule has 0 N–H and O–H groups in total. The summed E-state index contributed by atoms with van der Waals surface area (Å²) in [5, 5.41) is 0.124. The van der Waals surface area contributed by atoms with Crippen LogP contribution in [-0.2, 0) is 31.3 Å². The normalized spacial score (nSPS) is 27.8. The number of pyridine rings is 1. The lowest BCUT2D eigenvalue weighted by molar-refractivity contribution is -0.113. The van der Waals surface area contributed by atoms with Gasteiger partial charge in [-0.25, -0.2) is 0 Å². The first-order valence-corrected chi connectivity index (χ1v) is 20.2. The molecule has 1 aliphatic carbocycles. The number of hydrogen-bond donors (Lipinski definition) is 0. The minimum atomic E-state index is -2.07. The molecule has 1 aromatic carbocycles. The molecule has 6 heteroatoms. The predicted octanol–water partition coefficient (Wildman–Crippen LogP) is 10.1. The van der Waals surface area contributed by atoms with E-state index in [2.05, 4.69) is 129 Å². The Bertz CT molecular complexity index is 1320. The van der Waals surface area contributed by atoms with E-state index in [1.807, 2.05) is 0 Å². The Balaban J connectivity index is 1.79. The predicted molar refractivity (Wildman–Crippen MR) is 184 cm³/mol. The molecule has 3 aliphatic rings. The Morgan fingerprint density at radius 2 is 1.67 bits per heavy atom. The van der Waals surface area contributed by atoms with Gasteiger partial charge in [-0.3, -0.25) is 4.98 Å². The van der Waals surface area contributed by atoms with Crippen molar-refractivity contribution in [3.63, 3.8) is 0 Å². The summed E-state index contributed by atoms with van der Waals surface area (Å²) in [4.78, 5) is 5.58. The minimum absolute atomic E-state index is 0.0149. The van der Waals surface area contributed by atoms with E-state index in [1.165, 1.54) is 39.2 Å². The van der Waals surface area contributed by atoms with Gasteiger partial charge in [-0.15, -0.1) is 0 Å². The second-order valence-corrected chi connectivity index (χ2v) is 23.0. The molecule has 3 heterocycles. The molecule has 42 heavy (non-hydrogen) atoms. The zero-order chi connectivity index (χ0) is 31.0. The molecule has 3 unspecified atom stereocenters. The SMILES string of the molecule is CC(C)c1nc2c(c3c1[C@@H](c1ccc(C(C)(C)C)cc1)OC31CCOCC1I)C(O[Si](C)(C)C(C)(C)C)CC(C)(C)C2. The zero-order valence-corrected chi connectivity index (χ0v) is 31.4. The monoisotopic (exact) mass is 703 g/mol. The first-order chi connectivity index (χ1) is 19.3. The molecule has 5 rings (SSSR count). The van der Waals surface area contributed by atoms with Crippen LogP contribution >= 0.6 is 22.6 Å². The molecular weight excluding hydrogens is 649 g/mol. The molecule has 2 aromatic rings. The van der Waals surface area contributed by atoms with E-state index in [1.54, 1.807) is 0 Å². The number of nitrogens with zero attached hydrogens (tertiary/aromatic N) is 1. The van der Waals surface area contributed by atoms with Gasteiger partial charge in [0.05, 0.1) is 16.6 Å². The third-order valence-electron chi connectivity index (χ3n) is 10.4. The first kappa shape index (κ1) is 32.6. The average molecular weight is 704 g/mol. The Morgan fingerprint density at radius 1 is 1.02 bits per heavy atom. The highest BCUT2D eigenvalue weighted by molar-refractivity contribution is 14.1. The van der Waals surface area contributed by atoms with Gasteiger partial charge >= 0.3 is 0 Å². The third-order valence-corrected chi connectivity index (χ3v) is 16.2. The quantitative estimate of drug-likeness (QED) is 0.181. The van der Waals surface area contributed by atoms with Gasteiger partial charge in [-0.05, 0) is 58.8 Å². The molecule has 0 radical (unpaired) electrons. The van der Waals surface area contributed by atoms with Crippen LogP contribution in [0.25, 0.3) is 0 Å². The van der Waals surface area contributed by atoms with Crippen molar-refractivity contribution in [1.29, 1.82) is 0 Å². The molecule has 232 valence electrons. The molecule has 1 fully saturated rings. The molecule has 1 spiro atoms. The van der Waals surface area contributed by atoms with E-state index in [4.69, 9.17) is 18.9 Å². The number of benzene rings is 1. The van der Waals surface area contributed by atoms with Crippen molar-refractivity contribution < 1.29 is 13.9 Å². The van der Waals surface area contributed by atoms with E-state index < -0.39 is 13.9 Å². The van der Waals surface area contributed by atoms with Gasteiger partial charge in [0.15, 0.2) is 8.32 Å². The van der Waals surface area contributed by atoms with Gasteiger partial charge in [0.25, 0.3) is 0 Å². The van der Waals surface area contributed by atoms with Crippen LogP contribution in [0.3, 0.4) is 0 Å². The number of rotatable bonds is 4. The van der Waals surface area contributed by atoms with Crippen molar-refractivity contribution in [2.45, 2.75) is 140 Å². The van der Waals surface area contributed by atoms with Crippen LogP contribution in [0.5, 0.6) is 0 Å². The minimum Gasteiger partial charge on any atom is -0.410 e. The number of halogens is 1. The standard InChI is InChI=1S/C36H54INO3Si/c1-22(2)31-29-30(28-25(38-31)19-35(9,10)20-26(28)41-42(11,12)34(6,7)8)36(17-18-39-21-27(36)37)40-32(29)23-13-15-24(16-14-23)33(3,4)5/h13-16,22,26-27,32H,17-21H2,1-12H3/t26?,27?,32-,36?/m1/s1. The van der Waals surface area contributed by atoms with Crippen LogP contribution in [0.4, 0.5) is 0 Å². The van der Waals surface area contributed by atoms with E-state index in [-0.39, 0.29) is 37.9 Å². The lowest BCUT2D eigenvalue weighted by atomic mass is 9.70. The molecule has 0 bridgehead atoms. The second-order valence-electron chi connectivity index (χ2n) is 16.8. The summed E-state index contributed by atoms with van der Waals surface area (Å²) in [5.41, 5.74) is 8.83. The smallest absolute Gasteiger partial charge is 0.192 e. The van der Waals surface area contributed by atoms with Crippen LogP contribution < -0.4 is 0 Å². The molecule has 0 amide bonds. The Labute approximate surface area is 270 Å². The Hall–Kier alpha value is -0.803. The third kappa shape index (κ3) is 5.70. The van der Waals surface area contributed by atoms with Crippen molar-refractivity contribution in [1.82, 2.24) is 4.98 Å². The molecule has 0 saturated carbocycles. The first-order valence-electron chi connectivity index (χ1n) is 16.0. The molecule has 4 nitrogen and oxygen atoms in total. The summed E-state index contributed by atoms with van der Waals surface area (Å²) >= 11 is 2.61. The van der Waals surface area contributed by atoms with Crippen LogP contribution in [0.2, 0.25) is 18.1 Å². The summed E-state index contributed by atoms with van der Waals surface area (Å²) in [6.45, 7) is 29.4. The van der Waals surface area contributed by atoms with Crippen molar-refractivity contribution in [2.24, 2.45) is 5.41 Å². The fraction of sp³-hybridized carbons (Fsp3) is 0.694. The summed E-state index contributed by atoms with van der Waals surface area (Å²) in [6.07, 6.45) is 2.69.